The van der Waals surface area contributed by atoms with E-state index in [4.69, 9.17) is 0 Å². The Morgan fingerprint density at radius 1 is 1.18 bits per heavy atom. The number of hydrogen-bond acceptors (Lipinski definition) is 1. The van der Waals surface area contributed by atoms with E-state index >= 15 is 0 Å². The van der Waals surface area contributed by atoms with Crippen LogP contribution >= 0.6 is 0 Å². The highest BCUT2D eigenvalue weighted by Gasteiger charge is 2.21. The van der Waals surface area contributed by atoms with Gasteiger partial charge >= 0.3 is 0 Å². The number of rotatable bonds is 3. The molecule has 0 radical (unpaired) electrons. The lowest BCUT2D eigenvalue weighted by Gasteiger charge is -2.25. The van der Waals surface area contributed by atoms with Crippen LogP contribution in [-0.2, 0) is 6.42 Å². The van der Waals surface area contributed by atoms with Crippen LogP contribution in [0.1, 0.15) is 40.2 Å². The Hall–Kier alpha value is -2.23. The van der Waals surface area contributed by atoms with Gasteiger partial charge in [0.15, 0.2) is 0 Å². The molecule has 0 saturated carbocycles. The second kappa shape index (κ2) is 6.26. The Balaban J connectivity index is 1.69. The zero-order valence-corrected chi connectivity index (χ0v) is 12.1. The minimum Gasteiger partial charge on any atom is -0.351 e. The van der Waals surface area contributed by atoms with Gasteiger partial charge in [-0.25, -0.2) is 8.78 Å². The first-order valence-corrected chi connectivity index (χ1v) is 7.46. The van der Waals surface area contributed by atoms with E-state index in [-0.39, 0.29) is 11.5 Å². The third-order valence-corrected chi connectivity index (χ3v) is 4.18. The van der Waals surface area contributed by atoms with Crippen molar-refractivity contribution < 1.29 is 13.6 Å². The van der Waals surface area contributed by atoms with E-state index in [1.807, 2.05) is 12.1 Å². The Kier molecular flexibility index (Phi) is 4.18. The van der Waals surface area contributed by atoms with Crippen molar-refractivity contribution in [1.82, 2.24) is 5.32 Å². The monoisotopic (exact) mass is 301 g/mol. The van der Waals surface area contributed by atoms with Crippen LogP contribution in [0.4, 0.5) is 8.78 Å². The highest BCUT2D eigenvalue weighted by Crippen LogP contribution is 2.30. The number of benzene rings is 2. The fraction of sp³-hybridized carbons (Fsp3) is 0.278. The number of halogens is 2. The lowest BCUT2D eigenvalue weighted by Crippen LogP contribution is -2.30. The quantitative estimate of drug-likeness (QED) is 0.917. The third-order valence-electron chi connectivity index (χ3n) is 4.18. The van der Waals surface area contributed by atoms with E-state index in [0.29, 0.717) is 6.54 Å². The van der Waals surface area contributed by atoms with Crippen LogP contribution in [-0.4, -0.2) is 12.5 Å². The van der Waals surface area contributed by atoms with Gasteiger partial charge in [0.1, 0.15) is 11.6 Å². The van der Waals surface area contributed by atoms with Gasteiger partial charge < -0.3 is 5.32 Å². The molecule has 1 aliphatic carbocycles. The van der Waals surface area contributed by atoms with Crippen molar-refractivity contribution in [3.8, 4) is 0 Å². The highest BCUT2D eigenvalue weighted by molar-refractivity contribution is 5.94. The fourth-order valence-corrected chi connectivity index (χ4v) is 3.05. The van der Waals surface area contributed by atoms with Crippen LogP contribution < -0.4 is 5.32 Å². The zero-order chi connectivity index (χ0) is 15.5. The van der Waals surface area contributed by atoms with Gasteiger partial charge in [0.2, 0.25) is 0 Å². The van der Waals surface area contributed by atoms with E-state index in [2.05, 4.69) is 17.4 Å². The Morgan fingerprint density at radius 2 is 2.00 bits per heavy atom. The summed E-state index contributed by atoms with van der Waals surface area (Å²) in [6.45, 7) is 0.465. The maximum absolute atomic E-state index is 13.6. The number of carbonyl (C=O) groups excluding carboxylic acids is 1. The average Bonchev–Trinajstić information content (AvgIpc) is 2.52. The van der Waals surface area contributed by atoms with Gasteiger partial charge in [-0.1, -0.05) is 24.3 Å². The zero-order valence-electron chi connectivity index (χ0n) is 12.1. The first-order valence-electron chi connectivity index (χ1n) is 7.46. The molecule has 0 fully saturated rings. The average molecular weight is 301 g/mol. The summed E-state index contributed by atoms with van der Waals surface area (Å²) in [7, 11) is 0. The van der Waals surface area contributed by atoms with Gasteiger partial charge in [0, 0.05) is 18.5 Å². The predicted octanol–water partition coefficient (Wildman–Crippen LogP) is 3.81. The van der Waals surface area contributed by atoms with Crippen LogP contribution in [0, 0.1) is 11.6 Å². The van der Waals surface area contributed by atoms with E-state index in [0.717, 1.165) is 31.4 Å². The Labute approximate surface area is 128 Å². The van der Waals surface area contributed by atoms with Crippen LogP contribution in [0.25, 0.3) is 0 Å². The van der Waals surface area contributed by atoms with Crippen molar-refractivity contribution in [3.63, 3.8) is 0 Å². The van der Waals surface area contributed by atoms with Crippen LogP contribution in [0.15, 0.2) is 42.5 Å². The first kappa shape index (κ1) is 14.7. The molecule has 1 unspecified atom stereocenters. The number of carbonyl (C=O) groups is 1. The maximum atomic E-state index is 13.6. The minimum absolute atomic E-state index is 0.120. The van der Waals surface area contributed by atoms with E-state index in [1.165, 1.54) is 17.2 Å². The predicted molar refractivity (Wildman–Crippen MR) is 80.8 cm³/mol. The molecule has 2 aromatic carbocycles. The normalized spacial score (nSPS) is 16.9. The van der Waals surface area contributed by atoms with Crippen molar-refractivity contribution in [2.24, 2.45) is 0 Å². The maximum Gasteiger partial charge on any atom is 0.254 e. The molecule has 0 aromatic heterocycles. The SMILES string of the molecule is O=C(NCC1CCCc2ccccc21)c1ccc(F)cc1F. The summed E-state index contributed by atoms with van der Waals surface area (Å²) >= 11 is 0. The number of aryl methyl sites for hydroxylation is 1. The van der Waals surface area contributed by atoms with Crippen molar-refractivity contribution in [1.29, 1.82) is 0 Å². The third kappa shape index (κ3) is 3.01. The molecule has 0 aliphatic heterocycles. The van der Waals surface area contributed by atoms with E-state index in [9.17, 15) is 13.6 Å². The van der Waals surface area contributed by atoms with E-state index < -0.39 is 17.5 Å². The van der Waals surface area contributed by atoms with Crippen LogP contribution in [0.2, 0.25) is 0 Å². The van der Waals surface area contributed by atoms with Crippen LogP contribution in [0.5, 0.6) is 0 Å². The Morgan fingerprint density at radius 3 is 2.82 bits per heavy atom. The molecule has 0 spiro atoms. The van der Waals surface area contributed by atoms with Gasteiger partial charge in [0.25, 0.3) is 5.91 Å². The van der Waals surface area contributed by atoms with Crippen molar-refractivity contribution in [2.45, 2.75) is 25.2 Å². The number of hydrogen-bond donors (Lipinski definition) is 1. The standard InChI is InChI=1S/C18H17F2NO/c19-14-8-9-16(17(20)10-14)18(22)21-11-13-6-3-5-12-4-1-2-7-15(12)13/h1-2,4,7-10,13H,3,5-6,11H2,(H,21,22). The second-order valence-corrected chi connectivity index (χ2v) is 5.62. The molecule has 0 bridgehead atoms. The summed E-state index contributed by atoms with van der Waals surface area (Å²) in [5.41, 5.74) is 2.46. The fourth-order valence-electron chi connectivity index (χ4n) is 3.05. The molecule has 1 aliphatic rings. The summed E-state index contributed by atoms with van der Waals surface area (Å²) in [6, 6.07) is 11.2. The minimum atomic E-state index is -0.832. The molecule has 1 amide bonds. The topological polar surface area (TPSA) is 29.1 Å². The molecule has 22 heavy (non-hydrogen) atoms. The van der Waals surface area contributed by atoms with Gasteiger partial charge in [-0.3, -0.25) is 4.79 Å². The van der Waals surface area contributed by atoms with Gasteiger partial charge in [0.05, 0.1) is 5.56 Å². The second-order valence-electron chi connectivity index (χ2n) is 5.62. The highest BCUT2D eigenvalue weighted by atomic mass is 19.1. The summed E-state index contributed by atoms with van der Waals surface area (Å²) in [5.74, 6) is -1.77. The summed E-state index contributed by atoms with van der Waals surface area (Å²) in [4.78, 5) is 12.1. The van der Waals surface area contributed by atoms with E-state index in [1.54, 1.807) is 0 Å². The first-order chi connectivity index (χ1) is 10.6. The summed E-state index contributed by atoms with van der Waals surface area (Å²) < 4.78 is 26.5. The van der Waals surface area contributed by atoms with Gasteiger partial charge in [-0.2, -0.15) is 0 Å². The number of nitrogens with one attached hydrogen (secondary N) is 1. The molecule has 1 N–H and O–H groups in total. The van der Waals surface area contributed by atoms with Crippen LogP contribution in [0.3, 0.4) is 0 Å². The van der Waals surface area contributed by atoms with Gasteiger partial charge in [-0.15, -0.1) is 0 Å². The molecular weight excluding hydrogens is 284 g/mol. The number of fused-ring (bicyclic) bond motifs is 1. The van der Waals surface area contributed by atoms with Gasteiger partial charge in [-0.05, 0) is 42.5 Å². The molecule has 4 heteroatoms. The summed E-state index contributed by atoms with van der Waals surface area (Å²) in [6.07, 6.45) is 3.15. The molecule has 0 saturated heterocycles. The van der Waals surface area contributed by atoms with Crippen molar-refractivity contribution in [2.75, 3.05) is 6.54 Å². The molecule has 0 heterocycles. The molecule has 2 aromatic rings. The lowest BCUT2D eigenvalue weighted by molar-refractivity contribution is 0.0946. The molecule has 3 rings (SSSR count). The molecule has 1 atom stereocenters. The number of amides is 1. The molecular formula is C18H17F2NO. The molecule has 114 valence electrons. The lowest BCUT2D eigenvalue weighted by atomic mass is 9.83. The largest absolute Gasteiger partial charge is 0.351 e. The summed E-state index contributed by atoms with van der Waals surface area (Å²) in [5, 5.41) is 2.77. The van der Waals surface area contributed by atoms with Crippen molar-refractivity contribution in [3.05, 3.63) is 70.8 Å². The van der Waals surface area contributed by atoms with Crippen molar-refractivity contribution >= 4 is 5.91 Å². The smallest absolute Gasteiger partial charge is 0.254 e. The molecule has 2 nitrogen and oxygen atoms in total. The Bertz CT molecular complexity index is 699.